The molecule has 0 amide bonds. The number of piperidine rings is 1. The first kappa shape index (κ1) is 15.6. The lowest BCUT2D eigenvalue weighted by Gasteiger charge is -2.32. The van der Waals surface area contributed by atoms with E-state index in [2.05, 4.69) is 28.4 Å². The van der Waals surface area contributed by atoms with Gasteiger partial charge in [0.2, 0.25) is 0 Å². The molecule has 0 radical (unpaired) electrons. The van der Waals surface area contributed by atoms with Crippen LogP contribution in [0.4, 0.5) is 5.69 Å². The van der Waals surface area contributed by atoms with Gasteiger partial charge < -0.3 is 20.1 Å². The Kier molecular flexibility index (Phi) is 5.21. The molecule has 1 saturated heterocycles. The lowest BCUT2D eigenvalue weighted by molar-refractivity contribution is 0.145. The van der Waals surface area contributed by atoms with Crippen LogP contribution in [0.25, 0.3) is 0 Å². The van der Waals surface area contributed by atoms with E-state index in [1.54, 1.807) is 7.11 Å². The molecule has 1 aliphatic carbocycles. The minimum atomic E-state index is -0.142. The summed E-state index contributed by atoms with van der Waals surface area (Å²) in [5.41, 5.74) is 2.43. The number of nitrogens with one attached hydrogen (secondary N) is 1. The third-order valence-corrected chi connectivity index (χ3v) is 5.00. The molecule has 22 heavy (non-hydrogen) atoms. The molecule has 0 unspecified atom stereocenters. The van der Waals surface area contributed by atoms with Crippen LogP contribution < -0.4 is 15.0 Å². The molecule has 0 bridgehead atoms. The van der Waals surface area contributed by atoms with E-state index in [4.69, 9.17) is 4.74 Å². The Hall–Kier alpha value is -1.26. The molecule has 1 aliphatic heterocycles. The van der Waals surface area contributed by atoms with Gasteiger partial charge in [-0.3, -0.25) is 0 Å². The monoisotopic (exact) mass is 304 g/mol. The molecule has 0 aromatic heterocycles. The van der Waals surface area contributed by atoms with Crippen LogP contribution in [-0.2, 0) is 6.54 Å². The molecule has 4 heteroatoms. The molecular weight excluding hydrogens is 276 g/mol. The van der Waals surface area contributed by atoms with Crippen LogP contribution >= 0.6 is 0 Å². The van der Waals surface area contributed by atoms with Gasteiger partial charge in [0.1, 0.15) is 5.75 Å². The van der Waals surface area contributed by atoms with Crippen LogP contribution in [0.2, 0.25) is 0 Å². The molecule has 2 fully saturated rings. The molecule has 2 N–H and O–H groups in total. The van der Waals surface area contributed by atoms with Crippen molar-refractivity contribution in [1.29, 1.82) is 0 Å². The number of hydrogen-bond donors (Lipinski definition) is 2. The number of nitrogens with zero attached hydrogens (tertiary/aromatic N) is 1. The summed E-state index contributed by atoms with van der Waals surface area (Å²) in [5, 5.41) is 13.3. The van der Waals surface area contributed by atoms with Crippen molar-refractivity contribution < 1.29 is 9.84 Å². The van der Waals surface area contributed by atoms with Crippen molar-refractivity contribution in [2.75, 3.05) is 25.1 Å². The number of methoxy groups -OCH3 is 1. The summed E-state index contributed by atoms with van der Waals surface area (Å²) in [6, 6.07) is 7.21. The summed E-state index contributed by atoms with van der Waals surface area (Å²) >= 11 is 0. The lowest BCUT2D eigenvalue weighted by Crippen LogP contribution is -2.36. The molecule has 1 saturated carbocycles. The van der Waals surface area contributed by atoms with E-state index < -0.39 is 0 Å². The maximum absolute atomic E-state index is 9.65. The Labute approximate surface area is 133 Å². The fourth-order valence-electron chi connectivity index (χ4n) is 3.59. The zero-order valence-corrected chi connectivity index (χ0v) is 13.6. The second-order valence-corrected chi connectivity index (χ2v) is 6.59. The normalized spacial score (nSPS) is 20.5. The van der Waals surface area contributed by atoms with Crippen LogP contribution in [0.5, 0.6) is 5.75 Å². The standard InChI is InChI=1S/C18H28N2O2/c1-22-18-12-14(13-19-15-4-2-3-5-15)6-7-17(18)20-10-8-16(21)9-11-20/h6-7,12,15-16,19,21H,2-5,8-11,13H2,1H3. The van der Waals surface area contributed by atoms with Gasteiger partial charge in [0, 0.05) is 25.7 Å². The zero-order valence-electron chi connectivity index (χ0n) is 13.6. The molecular formula is C18H28N2O2. The minimum Gasteiger partial charge on any atom is -0.495 e. The maximum atomic E-state index is 9.65. The maximum Gasteiger partial charge on any atom is 0.142 e. The van der Waals surface area contributed by atoms with E-state index >= 15 is 0 Å². The Balaban J connectivity index is 1.64. The molecule has 1 aromatic rings. The van der Waals surface area contributed by atoms with Gasteiger partial charge in [0.25, 0.3) is 0 Å². The SMILES string of the molecule is COc1cc(CNC2CCCC2)ccc1N1CCC(O)CC1. The van der Waals surface area contributed by atoms with Crippen molar-refractivity contribution in [2.45, 2.75) is 57.2 Å². The van der Waals surface area contributed by atoms with E-state index in [-0.39, 0.29) is 6.10 Å². The highest BCUT2D eigenvalue weighted by atomic mass is 16.5. The molecule has 0 spiro atoms. The quantitative estimate of drug-likeness (QED) is 0.878. The number of ether oxygens (including phenoxy) is 1. The van der Waals surface area contributed by atoms with Crippen molar-refractivity contribution >= 4 is 5.69 Å². The molecule has 0 atom stereocenters. The van der Waals surface area contributed by atoms with Crippen LogP contribution in [-0.4, -0.2) is 37.5 Å². The Bertz CT molecular complexity index is 478. The van der Waals surface area contributed by atoms with E-state index in [9.17, 15) is 5.11 Å². The smallest absolute Gasteiger partial charge is 0.142 e. The summed E-state index contributed by atoms with van der Waals surface area (Å²) in [5.74, 6) is 0.946. The minimum absolute atomic E-state index is 0.142. The highest BCUT2D eigenvalue weighted by Gasteiger charge is 2.20. The molecule has 1 heterocycles. The average molecular weight is 304 g/mol. The zero-order chi connectivity index (χ0) is 15.4. The Morgan fingerprint density at radius 1 is 1.18 bits per heavy atom. The summed E-state index contributed by atoms with van der Waals surface area (Å²) < 4.78 is 5.61. The highest BCUT2D eigenvalue weighted by Crippen LogP contribution is 2.31. The number of anilines is 1. The molecule has 4 nitrogen and oxygen atoms in total. The van der Waals surface area contributed by atoms with Crippen molar-refractivity contribution in [3.8, 4) is 5.75 Å². The molecule has 122 valence electrons. The topological polar surface area (TPSA) is 44.7 Å². The van der Waals surface area contributed by atoms with Crippen molar-refractivity contribution in [1.82, 2.24) is 5.32 Å². The predicted octanol–water partition coefficient (Wildman–Crippen LogP) is 2.69. The summed E-state index contributed by atoms with van der Waals surface area (Å²) in [4.78, 5) is 2.32. The van der Waals surface area contributed by atoms with Gasteiger partial charge >= 0.3 is 0 Å². The van der Waals surface area contributed by atoms with Gasteiger partial charge in [-0.15, -0.1) is 0 Å². The van der Waals surface area contributed by atoms with E-state index in [0.717, 1.165) is 43.9 Å². The number of benzene rings is 1. The van der Waals surface area contributed by atoms with Crippen LogP contribution in [0, 0.1) is 0 Å². The fourth-order valence-corrected chi connectivity index (χ4v) is 3.59. The van der Waals surface area contributed by atoms with Gasteiger partial charge in [0.15, 0.2) is 0 Å². The molecule has 2 aliphatic rings. The average Bonchev–Trinajstić information content (AvgIpc) is 3.07. The second kappa shape index (κ2) is 7.34. The summed E-state index contributed by atoms with van der Waals surface area (Å²) in [7, 11) is 1.74. The number of aliphatic hydroxyl groups excluding tert-OH is 1. The van der Waals surface area contributed by atoms with Crippen molar-refractivity contribution in [3.63, 3.8) is 0 Å². The van der Waals surface area contributed by atoms with Crippen LogP contribution in [0.3, 0.4) is 0 Å². The van der Waals surface area contributed by atoms with Gasteiger partial charge in [-0.2, -0.15) is 0 Å². The third-order valence-electron chi connectivity index (χ3n) is 5.00. The van der Waals surface area contributed by atoms with Crippen LogP contribution in [0.1, 0.15) is 44.1 Å². The van der Waals surface area contributed by atoms with E-state index in [1.165, 1.54) is 31.2 Å². The van der Waals surface area contributed by atoms with Crippen molar-refractivity contribution in [3.05, 3.63) is 23.8 Å². The van der Waals surface area contributed by atoms with E-state index in [1.807, 2.05) is 0 Å². The third kappa shape index (κ3) is 3.73. The lowest BCUT2D eigenvalue weighted by atomic mass is 10.1. The Morgan fingerprint density at radius 3 is 2.59 bits per heavy atom. The number of rotatable bonds is 5. The number of aliphatic hydroxyl groups is 1. The molecule has 1 aromatic carbocycles. The highest BCUT2D eigenvalue weighted by molar-refractivity contribution is 5.60. The number of hydrogen-bond acceptors (Lipinski definition) is 4. The van der Waals surface area contributed by atoms with Gasteiger partial charge in [-0.05, 0) is 43.4 Å². The largest absolute Gasteiger partial charge is 0.495 e. The predicted molar refractivity (Wildman–Crippen MR) is 89.5 cm³/mol. The van der Waals surface area contributed by atoms with Crippen LogP contribution in [0.15, 0.2) is 18.2 Å². The first-order chi connectivity index (χ1) is 10.8. The van der Waals surface area contributed by atoms with Gasteiger partial charge in [-0.25, -0.2) is 0 Å². The second-order valence-electron chi connectivity index (χ2n) is 6.59. The van der Waals surface area contributed by atoms with Gasteiger partial charge in [0.05, 0.1) is 18.9 Å². The molecule has 3 rings (SSSR count). The van der Waals surface area contributed by atoms with E-state index in [0.29, 0.717) is 6.04 Å². The Morgan fingerprint density at radius 2 is 1.91 bits per heavy atom. The van der Waals surface area contributed by atoms with Gasteiger partial charge in [-0.1, -0.05) is 18.9 Å². The fraction of sp³-hybridized carbons (Fsp3) is 0.667. The summed E-state index contributed by atoms with van der Waals surface area (Å²) in [6.07, 6.45) is 6.89. The van der Waals surface area contributed by atoms with Crippen molar-refractivity contribution in [2.24, 2.45) is 0 Å². The summed E-state index contributed by atoms with van der Waals surface area (Å²) in [6.45, 7) is 2.72. The first-order valence-electron chi connectivity index (χ1n) is 8.59. The first-order valence-corrected chi connectivity index (χ1v) is 8.59.